The molecule has 0 spiro atoms. The first kappa shape index (κ1) is 19.1. The number of nitrogens with zero attached hydrogens (tertiary/aromatic N) is 3. The number of hydrogen-bond donors (Lipinski definition) is 2. The number of nitrogens with one attached hydrogen (secondary N) is 1. The number of hydrogen-bond acceptors (Lipinski definition) is 5. The normalized spacial score (nSPS) is 22.0. The number of rotatable bonds is 5. The number of carbonyl (C=O) groups is 1. The first-order valence-corrected chi connectivity index (χ1v) is 9.56. The van der Waals surface area contributed by atoms with Crippen LogP contribution in [0.5, 0.6) is 0 Å². The van der Waals surface area contributed by atoms with E-state index in [4.69, 9.17) is 4.74 Å². The van der Waals surface area contributed by atoms with Gasteiger partial charge in [0.15, 0.2) is 0 Å². The summed E-state index contributed by atoms with van der Waals surface area (Å²) in [5.41, 5.74) is -0.0463. The second-order valence-corrected chi connectivity index (χ2v) is 7.28. The molecule has 2 aliphatic heterocycles. The van der Waals surface area contributed by atoms with Gasteiger partial charge in [0.25, 0.3) is 0 Å². The minimum Gasteiger partial charge on any atom is -0.385 e. The SMILES string of the molecule is C[C@@H](CCNC(=O)N1CCC(O)(c2cccnc2)CC1)N1CCOCC1. The molecule has 2 N–H and O–H groups in total. The van der Waals surface area contributed by atoms with Gasteiger partial charge < -0.3 is 20.1 Å². The third-order valence-corrected chi connectivity index (χ3v) is 5.58. The summed E-state index contributed by atoms with van der Waals surface area (Å²) in [6, 6.07) is 4.14. The molecule has 1 aromatic rings. The highest BCUT2D eigenvalue weighted by Crippen LogP contribution is 2.32. The number of piperidine rings is 1. The molecule has 2 amide bonds. The fraction of sp³-hybridized carbons (Fsp3) is 0.684. The maximum atomic E-state index is 12.4. The molecule has 2 aliphatic rings. The Labute approximate surface area is 155 Å². The van der Waals surface area contributed by atoms with Gasteiger partial charge in [-0.15, -0.1) is 0 Å². The van der Waals surface area contributed by atoms with Crippen molar-refractivity contribution in [1.29, 1.82) is 0 Å². The number of pyridine rings is 1. The van der Waals surface area contributed by atoms with Crippen molar-refractivity contribution in [3.63, 3.8) is 0 Å². The maximum Gasteiger partial charge on any atom is 0.317 e. The summed E-state index contributed by atoms with van der Waals surface area (Å²) in [6.45, 7) is 7.50. The molecule has 7 nitrogen and oxygen atoms in total. The van der Waals surface area contributed by atoms with Crippen LogP contribution >= 0.6 is 0 Å². The zero-order valence-electron chi connectivity index (χ0n) is 15.6. The first-order chi connectivity index (χ1) is 12.6. The van der Waals surface area contributed by atoms with E-state index in [1.807, 2.05) is 12.1 Å². The standard InChI is InChI=1S/C19H30N4O3/c1-16(22-11-13-26-14-12-22)4-8-21-18(24)23-9-5-19(25,6-10-23)17-3-2-7-20-15-17/h2-3,7,15-16,25H,4-6,8-14H2,1H3,(H,21,24)/t16-/m0/s1. The molecule has 0 aliphatic carbocycles. The van der Waals surface area contributed by atoms with Crippen molar-refractivity contribution in [1.82, 2.24) is 20.1 Å². The van der Waals surface area contributed by atoms with E-state index in [-0.39, 0.29) is 6.03 Å². The molecule has 0 unspecified atom stereocenters. The summed E-state index contributed by atoms with van der Waals surface area (Å²) in [5, 5.41) is 13.8. The summed E-state index contributed by atoms with van der Waals surface area (Å²) in [4.78, 5) is 20.7. The third kappa shape index (κ3) is 4.72. The summed E-state index contributed by atoms with van der Waals surface area (Å²) in [7, 11) is 0. The number of likely N-dealkylation sites (tertiary alicyclic amines) is 1. The van der Waals surface area contributed by atoms with Gasteiger partial charge in [-0.2, -0.15) is 0 Å². The number of ether oxygens (including phenoxy) is 1. The van der Waals surface area contributed by atoms with Crippen LogP contribution in [0.4, 0.5) is 4.79 Å². The van der Waals surface area contributed by atoms with Crippen molar-refractivity contribution in [2.24, 2.45) is 0 Å². The lowest BCUT2D eigenvalue weighted by Gasteiger charge is -2.38. The van der Waals surface area contributed by atoms with Crippen molar-refractivity contribution in [2.75, 3.05) is 45.9 Å². The number of carbonyl (C=O) groups excluding carboxylic acids is 1. The Balaban J connectivity index is 1.40. The fourth-order valence-electron chi connectivity index (χ4n) is 3.71. The molecular formula is C19H30N4O3. The topological polar surface area (TPSA) is 77.9 Å². The minimum atomic E-state index is -0.879. The molecule has 1 atom stereocenters. The van der Waals surface area contributed by atoms with Gasteiger partial charge in [0.2, 0.25) is 0 Å². The van der Waals surface area contributed by atoms with E-state index in [9.17, 15) is 9.90 Å². The van der Waals surface area contributed by atoms with Crippen LogP contribution in [0, 0.1) is 0 Å². The Hall–Kier alpha value is -1.70. The molecule has 1 aromatic heterocycles. The third-order valence-electron chi connectivity index (χ3n) is 5.58. The van der Waals surface area contributed by atoms with Crippen LogP contribution in [0.15, 0.2) is 24.5 Å². The quantitative estimate of drug-likeness (QED) is 0.823. The van der Waals surface area contributed by atoms with E-state index >= 15 is 0 Å². The average Bonchev–Trinajstić information content (AvgIpc) is 2.69. The lowest BCUT2D eigenvalue weighted by atomic mass is 9.85. The molecule has 0 bridgehead atoms. The van der Waals surface area contributed by atoms with Gasteiger partial charge in [-0.1, -0.05) is 6.07 Å². The van der Waals surface area contributed by atoms with Crippen LogP contribution in [0.2, 0.25) is 0 Å². The number of aromatic nitrogens is 1. The fourth-order valence-corrected chi connectivity index (χ4v) is 3.71. The van der Waals surface area contributed by atoms with Gasteiger partial charge in [-0.25, -0.2) is 4.79 Å². The van der Waals surface area contributed by atoms with Crippen molar-refractivity contribution in [2.45, 2.75) is 37.8 Å². The van der Waals surface area contributed by atoms with Crippen molar-refractivity contribution in [3.05, 3.63) is 30.1 Å². The second-order valence-electron chi connectivity index (χ2n) is 7.28. The molecule has 3 heterocycles. The van der Waals surface area contributed by atoms with E-state index in [2.05, 4.69) is 22.1 Å². The van der Waals surface area contributed by atoms with Crippen LogP contribution in [0.25, 0.3) is 0 Å². The van der Waals surface area contributed by atoms with Crippen molar-refractivity contribution in [3.8, 4) is 0 Å². The second kappa shape index (κ2) is 8.79. The van der Waals surface area contributed by atoms with E-state index in [0.717, 1.165) is 38.3 Å². The Morgan fingerprint density at radius 3 is 2.73 bits per heavy atom. The molecule has 0 radical (unpaired) electrons. The number of urea groups is 1. The molecule has 144 valence electrons. The van der Waals surface area contributed by atoms with Crippen LogP contribution in [-0.4, -0.2) is 77.9 Å². The lowest BCUT2D eigenvalue weighted by molar-refractivity contribution is -0.0171. The number of morpholine rings is 1. The zero-order chi connectivity index (χ0) is 18.4. The summed E-state index contributed by atoms with van der Waals surface area (Å²) in [5.74, 6) is 0. The smallest absolute Gasteiger partial charge is 0.317 e. The first-order valence-electron chi connectivity index (χ1n) is 9.56. The lowest BCUT2D eigenvalue weighted by Crippen LogP contribution is -2.49. The molecular weight excluding hydrogens is 332 g/mol. The molecule has 7 heteroatoms. The maximum absolute atomic E-state index is 12.4. The van der Waals surface area contributed by atoms with E-state index in [1.165, 1.54) is 0 Å². The zero-order valence-corrected chi connectivity index (χ0v) is 15.6. The summed E-state index contributed by atoms with van der Waals surface area (Å²) < 4.78 is 5.38. The Morgan fingerprint density at radius 2 is 2.08 bits per heavy atom. The Morgan fingerprint density at radius 1 is 1.35 bits per heavy atom. The highest BCUT2D eigenvalue weighted by Gasteiger charge is 2.35. The molecule has 3 rings (SSSR count). The van der Waals surface area contributed by atoms with Crippen molar-refractivity contribution >= 4 is 6.03 Å². The predicted molar refractivity (Wildman–Crippen MR) is 98.8 cm³/mol. The van der Waals surface area contributed by atoms with Gasteiger partial charge in [0.1, 0.15) is 0 Å². The summed E-state index contributed by atoms with van der Waals surface area (Å²) >= 11 is 0. The van der Waals surface area contributed by atoms with Gasteiger partial charge >= 0.3 is 6.03 Å². The minimum absolute atomic E-state index is 0.0348. The van der Waals surface area contributed by atoms with Gasteiger partial charge in [0.05, 0.1) is 18.8 Å². The molecule has 2 saturated heterocycles. The van der Waals surface area contributed by atoms with Gasteiger partial charge in [-0.05, 0) is 32.3 Å². The Bertz CT molecular complexity index is 569. The van der Waals surface area contributed by atoms with Crippen LogP contribution in [0.3, 0.4) is 0 Å². The summed E-state index contributed by atoms with van der Waals surface area (Å²) in [6.07, 6.45) is 5.42. The van der Waals surface area contributed by atoms with Gasteiger partial charge in [-0.3, -0.25) is 9.88 Å². The van der Waals surface area contributed by atoms with Crippen LogP contribution < -0.4 is 5.32 Å². The monoisotopic (exact) mass is 362 g/mol. The molecule has 26 heavy (non-hydrogen) atoms. The highest BCUT2D eigenvalue weighted by molar-refractivity contribution is 5.74. The molecule has 0 saturated carbocycles. The van der Waals surface area contributed by atoms with Crippen LogP contribution in [-0.2, 0) is 10.3 Å². The molecule has 0 aromatic carbocycles. The van der Waals surface area contributed by atoms with E-state index in [1.54, 1.807) is 17.3 Å². The average molecular weight is 362 g/mol. The Kier molecular flexibility index (Phi) is 6.45. The largest absolute Gasteiger partial charge is 0.385 e. The predicted octanol–water partition coefficient (Wildman–Crippen LogP) is 1.19. The van der Waals surface area contributed by atoms with Gasteiger partial charge in [0, 0.05) is 56.7 Å². The number of amides is 2. The number of aliphatic hydroxyl groups is 1. The highest BCUT2D eigenvalue weighted by atomic mass is 16.5. The van der Waals surface area contributed by atoms with E-state index in [0.29, 0.717) is 38.5 Å². The van der Waals surface area contributed by atoms with Crippen molar-refractivity contribution < 1.29 is 14.6 Å². The van der Waals surface area contributed by atoms with E-state index < -0.39 is 5.60 Å². The molecule has 2 fully saturated rings. The van der Waals surface area contributed by atoms with Crippen LogP contribution in [0.1, 0.15) is 31.7 Å².